The minimum atomic E-state index is -3.02. The van der Waals surface area contributed by atoms with E-state index in [0.29, 0.717) is 23.5 Å². The number of hydrogen-bond acceptors (Lipinski definition) is 6. The van der Waals surface area contributed by atoms with Crippen molar-refractivity contribution in [2.75, 3.05) is 16.8 Å². The van der Waals surface area contributed by atoms with Gasteiger partial charge in [-0.05, 0) is 26.7 Å². The predicted molar refractivity (Wildman–Crippen MR) is 93.5 cm³/mol. The van der Waals surface area contributed by atoms with Gasteiger partial charge in [-0.15, -0.1) is 11.3 Å². The molecule has 1 saturated heterocycles. The smallest absolute Gasteiger partial charge is 0.268 e. The Morgan fingerprint density at radius 3 is 2.83 bits per heavy atom. The van der Waals surface area contributed by atoms with Crippen molar-refractivity contribution in [1.29, 1.82) is 0 Å². The molecule has 3 rings (SSSR count). The number of sulfone groups is 1. The lowest BCUT2D eigenvalue weighted by Crippen LogP contribution is -2.19. The van der Waals surface area contributed by atoms with Gasteiger partial charge in [0.15, 0.2) is 9.84 Å². The molecule has 1 N–H and O–H groups in total. The third kappa shape index (κ3) is 3.36. The largest absolute Gasteiger partial charge is 0.306 e. The van der Waals surface area contributed by atoms with Crippen molar-refractivity contribution >= 4 is 32.9 Å². The molecule has 0 spiro atoms. The summed E-state index contributed by atoms with van der Waals surface area (Å²) in [5, 5.41) is 8.11. The summed E-state index contributed by atoms with van der Waals surface area (Å²) in [6.07, 6.45) is 1.21. The molecule has 130 valence electrons. The van der Waals surface area contributed by atoms with E-state index in [4.69, 9.17) is 0 Å². The Labute approximate surface area is 145 Å². The predicted octanol–water partition coefficient (Wildman–Crippen LogP) is 2.13. The molecule has 0 aliphatic carbocycles. The highest BCUT2D eigenvalue weighted by Gasteiger charge is 2.31. The van der Waals surface area contributed by atoms with E-state index in [-0.39, 0.29) is 23.5 Å². The number of carbonyl (C=O) groups is 1. The van der Waals surface area contributed by atoms with Gasteiger partial charge < -0.3 is 5.32 Å². The number of thiazole rings is 1. The molecule has 1 aliphatic rings. The molecular weight excluding hydrogens is 348 g/mol. The maximum atomic E-state index is 12.6. The zero-order chi connectivity index (χ0) is 17.5. The Bertz CT molecular complexity index is 883. The van der Waals surface area contributed by atoms with Crippen LogP contribution in [0.15, 0.2) is 6.07 Å². The van der Waals surface area contributed by atoms with Gasteiger partial charge in [-0.3, -0.25) is 4.79 Å². The summed E-state index contributed by atoms with van der Waals surface area (Å²) < 4.78 is 25.1. The second-order valence-electron chi connectivity index (χ2n) is 5.99. The third-order valence-electron chi connectivity index (χ3n) is 4.00. The molecule has 1 fully saturated rings. The average molecular weight is 368 g/mol. The number of nitrogens with zero attached hydrogens (tertiary/aromatic N) is 3. The molecule has 1 atom stereocenters. The lowest BCUT2D eigenvalue weighted by Gasteiger charge is -2.13. The Morgan fingerprint density at radius 2 is 2.21 bits per heavy atom. The van der Waals surface area contributed by atoms with Gasteiger partial charge in [0.1, 0.15) is 10.7 Å². The highest BCUT2D eigenvalue weighted by molar-refractivity contribution is 7.91. The molecule has 2 aromatic rings. The summed E-state index contributed by atoms with van der Waals surface area (Å²) in [4.78, 5) is 17.6. The van der Waals surface area contributed by atoms with E-state index < -0.39 is 9.84 Å². The zero-order valence-electron chi connectivity index (χ0n) is 13.9. The van der Waals surface area contributed by atoms with Gasteiger partial charge in [0.25, 0.3) is 5.91 Å². The van der Waals surface area contributed by atoms with Crippen LogP contribution in [0.1, 0.15) is 45.5 Å². The number of nitrogens with one attached hydrogen (secondary N) is 1. The molecule has 2 aromatic heterocycles. The molecule has 1 amide bonds. The molecule has 0 saturated carbocycles. The van der Waals surface area contributed by atoms with E-state index in [0.717, 1.165) is 16.4 Å². The van der Waals surface area contributed by atoms with Crippen molar-refractivity contribution in [2.24, 2.45) is 0 Å². The van der Waals surface area contributed by atoms with Crippen LogP contribution < -0.4 is 5.32 Å². The SMILES string of the molecule is CCc1nc(C)sc1C(=O)Nc1cc(C)nn1[C@H]1CCS(=O)(=O)C1. The standard InChI is InChI=1S/C15H20N4O3S2/c1-4-12-14(23-10(3)16-12)15(20)17-13-7-9(2)18-19(13)11-5-6-24(21,22)8-11/h7,11H,4-6,8H2,1-3H3,(H,17,20)/t11-/m0/s1. The van der Waals surface area contributed by atoms with Gasteiger partial charge in [0.05, 0.1) is 33.9 Å². The molecule has 7 nitrogen and oxygen atoms in total. The molecule has 24 heavy (non-hydrogen) atoms. The fourth-order valence-corrected chi connectivity index (χ4v) is 5.51. The molecule has 9 heteroatoms. The number of anilines is 1. The summed E-state index contributed by atoms with van der Waals surface area (Å²) in [5.41, 5.74) is 1.52. The number of rotatable bonds is 4. The van der Waals surface area contributed by atoms with Crippen molar-refractivity contribution in [3.8, 4) is 0 Å². The molecule has 0 unspecified atom stereocenters. The Morgan fingerprint density at radius 1 is 1.46 bits per heavy atom. The lowest BCUT2D eigenvalue weighted by molar-refractivity contribution is 0.102. The molecule has 0 bridgehead atoms. The van der Waals surface area contributed by atoms with Crippen LogP contribution in [0, 0.1) is 13.8 Å². The van der Waals surface area contributed by atoms with Crippen molar-refractivity contribution in [3.63, 3.8) is 0 Å². The number of amides is 1. The number of aromatic nitrogens is 3. The van der Waals surface area contributed by atoms with Crippen LogP contribution in [0.5, 0.6) is 0 Å². The molecular formula is C15H20N4O3S2. The first-order valence-electron chi connectivity index (χ1n) is 7.83. The maximum absolute atomic E-state index is 12.6. The Kier molecular flexibility index (Phi) is 4.48. The third-order valence-corrected chi connectivity index (χ3v) is 6.76. The average Bonchev–Trinajstić information content (AvgIpc) is 3.16. The molecule has 0 aromatic carbocycles. The Balaban J connectivity index is 1.87. The van der Waals surface area contributed by atoms with E-state index >= 15 is 0 Å². The first-order valence-corrected chi connectivity index (χ1v) is 10.5. The fraction of sp³-hybridized carbons (Fsp3) is 0.533. The first kappa shape index (κ1) is 17.1. The first-order chi connectivity index (χ1) is 11.3. The second-order valence-corrected chi connectivity index (χ2v) is 9.42. The summed E-state index contributed by atoms with van der Waals surface area (Å²) in [6, 6.07) is 1.54. The van der Waals surface area contributed by atoms with E-state index in [1.807, 2.05) is 20.8 Å². The normalized spacial score (nSPS) is 19.5. The van der Waals surface area contributed by atoms with E-state index in [2.05, 4.69) is 15.4 Å². The van der Waals surface area contributed by atoms with Crippen LogP contribution >= 0.6 is 11.3 Å². The van der Waals surface area contributed by atoms with Gasteiger partial charge in [0.2, 0.25) is 0 Å². The van der Waals surface area contributed by atoms with Gasteiger partial charge in [-0.25, -0.2) is 18.1 Å². The minimum absolute atomic E-state index is 0.0663. The van der Waals surface area contributed by atoms with E-state index in [1.165, 1.54) is 11.3 Å². The van der Waals surface area contributed by atoms with Gasteiger partial charge in [-0.2, -0.15) is 5.10 Å². The summed E-state index contributed by atoms with van der Waals surface area (Å²) in [6.45, 7) is 5.66. The van der Waals surface area contributed by atoms with Crippen LogP contribution in [0.4, 0.5) is 5.82 Å². The molecule has 3 heterocycles. The van der Waals surface area contributed by atoms with Crippen LogP contribution in [0.3, 0.4) is 0 Å². The number of carbonyl (C=O) groups excluding carboxylic acids is 1. The minimum Gasteiger partial charge on any atom is -0.306 e. The highest BCUT2D eigenvalue weighted by Crippen LogP contribution is 2.28. The summed E-state index contributed by atoms with van der Waals surface area (Å²) in [7, 11) is -3.02. The topological polar surface area (TPSA) is 93.9 Å². The van der Waals surface area contributed by atoms with E-state index in [1.54, 1.807) is 10.7 Å². The monoisotopic (exact) mass is 368 g/mol. The highest BCUT2D eigenvalue weighted by atomic mass is 32.2. The Hall–Kier alpha value is -1.74. The van der Waals surface area contributed by atoms with Gasteiger partial charge in [-0.1, -0.05) is 6.92 Å². The fourth-order valence-electron chi connectivity index (χ4n) is 2.92. The molecule has 1 aliphatic heterocycles. The number of hydrogen-bond donors (Lipinski definition) is 1. The number of aryl methyl sites for hydroxylation is 3. The van der Waals surface area contributed by atoms with Crippen molar-refractivity contribution in [3.05, 3.63) is 27.3 Å². The van der Waals surface area contributed by atoms with E-state index in [9.17, 15) is 13.2 Å². The van der Waals surface area contributed by atoms with Crippen molar-refractivity contribution in [2.45, 2.75) is 39.7 Å². The summed E-state index contributed by atoms with van der Waals surface area (Å²) in [5.74, 6) is 0.543. The van der Waals surface area contributed by atoms with Gasteiger partial charge >= 0.3 is 0 Å². The lowest BCUT2D eigenvalue weighted by atomic mass is 10.2. The molecule has 0 radical (unpaired) electrons. The van der Waals surface area contributed by atoms with Crippen molar-refractivity contribution < 1.29 is 13.2 Å². The summed E-state index contributed by atoms with van der Waals surface area (Å²) >= 11 is 1.36. The quantitative estimate of drug-likeness (QED) is 0.892. The van der Waals surface area contributed by atoms with Crippen LogP contribution in [0.25, 0.3) is 0 Å². The van der Waals surface area contributed by atoms with Crippen LogP contribution in [0.2, 0.25) is 0 Å². The van der Waals surface area contributed by atoms with Crippen LogP contribution in [-0.4, -0.2) is 40.6 Å². The zero-order valence-corrected chi connectivity index (χ0v) is 15.5. The second kappa shape index (κ2) is 6.29. The van der Waals surface area contributed by atoms with Crippen molar-refractivity contribution in [1.82, 2.24) is 14.8 Å². The van der Waals surface area contributed by atoms with Crippen LogP contribution in [-0.2, 0) is 16.3 Å². The maximum Gasteiger partial charge on any atom is 0.268 e. The van der Waals surface area contributed by atoms with Gasteiger partial charge in [0, 0.05) is 6.07 Å².